The minimum atomic E-state index is -4.16. The van der Waals surface area contributed by atoms with Gasteiger partial charge in [-0.3, -0.25) is 4.79 Å². The normalized spacial score (nSPS) is 12.9. The van der Waals surface area contributed by atoms with Crippen LogP contribution in [0.1, 0.15) is 16.7 Å². The predicted octanol–water partition coefficient (Wildman–Crippen LogP) is 3.86. The zero-order valence-corrected chi connectivity index (χ0v) is 20.1. The van der Waals surface area contributed by atoms with E-state index in [-0.39, 0.29) is 22.3 Å². The lowest BCUT2D eigenvalue weighted by molar-refractivity contribution is -0.121. The number of sulfonamides is 1. The van der Waals surface area contributed by atoms with E-state index in [0.717, 1.165) is 9.87 Å². The summed E-state index contributed by atoms with van der Waals surface area (Å²) < 4.78 is 52.5. The first-order chi connectivity index (χ1) is 16.7. The summed E-state index contributed by atoms with van der Waals surface area (Å²) in [6, 6.07) is 15.3. The number of hydrogen-bond acceptors (Lipinski definition) is 6. The molecule has 1 heterocycles. The van der Waals surface area contributed by atoms with E-state index in [1.54, 1.807) is 30.3 Å². The first-order valence-corrected chi connectivity index (χ1v) is 12.3. The number of hydrogen-bond donors (Lipinski definition) is 1. The summed E-state index contributed by atoms with van der Waals surface area (Å²) in [4.78, 5) is 12.6. The maximum absolute atomic E-state index is 14.4. The summed E-state index contributed by atoms with van der Waals surface area (Å²) in [5.74, 6) is -0.236. The molecule has 0 unspecified atom stereocenters. The van der Waals surface area contributed by atoms with Crippen LogP contribution >= 0.6 is 11.6 Å². The molecule has 1 N–H and O–H groups in total. The fourth-order valence-electron chi connectivity index (χ4n) is 3.31. The van der Waals surface area contributed by atoms with Gasteiger partial charge in [-0.15, -0.1) is 0 Å². The number of ether oxygens (including phenoxy) is 2. The van der Waals surface area contributed by atoms with Gasteiger partial charge < -0.3 is 9.47 Å². The molecular weight excluding hydrogens is 497 g/mol. The van der Waals surface area contributed by atoms with Gasteiger partial charge in [-0.05, 0) is 55.0 Å². The van der Waals surface area contributed by atoms with Gasteiger partial charge in [-0.1, -0.05) is 35.4 Å². The SMILES string of the molecule is Cc1ccc(S(=O)(=O)N(CC(=O)N/N=C\c2ccc3c(c2)OCO3)Cc2c(F)cccc2Cl)cc1. The molecule has 0 atom stereocenters. The Hall–Kier alpha value is -3.47. The Morgan fingerprint density at radius 1 is 1.14 bits per heavy atom. The molecule has 0 spiro atoms. The van der Waals surface area contributed by atoms with Crippen LogP contribution in [-0.2, 0) is 21.4 Å². The molecule has 8 nitrogen and oxygen atoms in total. The first kappa shape index (κ1) is 24.6. The van der Waals surface area contributed by atoms with Gasteiger partial charge in [0.05, 0.1) is 17.7 Å². The number of benzene rings is 3. The first-order valence-electron chi connectivity index (χ1n) is 10.5. The van der Waals surface area contributed by atoms with Crippen molar-refractivity contribution in [2.75, 3.05) is 13.3 Å². The van der Waals surface area contributed by atoms with E-state index >= 15 is 0 Å². The van der Waals surface area contributed by atoms with Crippen molar-refractivity contribution in [2.45, 2.75) is 18.4 Å². The van der Waals surface area contributed by atoms with Crippen LogP contribution in [0.15, 0.2) is 70.7 Å². The highest BCUT2D eigenvalue weighted by molar-refractivity contribution is 7.89. The van der Waals surface area contributed by atoms with Crippen molar-refractivity contribution in [2.24, 2.45) is 5.10 Å². The van der Waals surface area contributed by atoms with Gasteiger partial charge in [0, 0.05) is 17.1 Å². The van der Waals surface area contributed by atoms with Crippen LogP contribution in [0.25, 0.3) is 0 Å². The van der Waals surface area contributed by atoms with Crippen LogP contribution < -0.4 is 14.9 Å². The molecule has 4 rings (SSSR count). The van der Waals surface area contributed by atoms with Crippen molar-refractivity contribution in [3.63, 3.8) is 0 Å². The smallest absolute Gasteiger partial charge is 0.255 e. The zero-order chi connectivity index (χ0) is 25.0. The standard InChI is InChI=1S/C24H21ClFN3O5S/c1-16-5-8-18(9-6-16)35(31,32)29(13-19-20(25)3-2-4-21(19)26)14-24(30)28-27-12-17-7-10-22-23(11-17)34-15-33-22/h2-12H,13-15H2,1H3,(H,28,30)/b27-12-. The lowest BCUT2D eigenvalue weighted by atomic mass is 10.2. The maximum atomic E-state index is 14.4. The second-order valence-electron chi connectivity index (χ2n) is 7.69. The Balaban J connectivity index is 1.53. The summed E-state index contributed by atoms with van der Waals surface area (Å²) in [6.45, 7) is 0.892. The molecule has 0 bridgehead atoms. The number of carbonyl (C=O) groups is 1. The highest BCUT2D eigenvalue weighted by atomic mass is 35.5. The quantitative estimate of drug-likeness (QED) is 0.361. The Labute approximate surface area is 207 Å². The molecule has 0 aromatic heterocycles. The molecule has 0 saturated carbocycles. The van der Waals surface area contributed by atoms with Crippen molar-refractivity contribution in [3.8, 4) is 11.5 Å². The van der Waals surface area contributed by atoms with Crippen LogP contribution in [0.3, 0.4) is 0 Å². The number of aryl methyl sites for hydroxylation is 1. The van der Waals surface area contributed by atoms with Crippen LogP contribution in [0.2, 0.25) is 5.02 Å². The van der Waals surface area contributed by atoms with E-state index in [1.807, 2.05) is 6.92 Å². The minimum Gasteiger partial charge on any atom is -0.454 e. The van der Waals surface area contributed by atoms with Gasteiger partial charge in [0.25, 0.3) is 5.91 Å². The third kappa shape index (κ3) is 5.79. The zero-order valence-electron chi connectivity index (χ0n) is 18.6. The number of hydrazone groups is 1. The monoisotopic (exact) mass is 517 g/mol. The number of fused-ring (bicyclic) bond motifs is 1. The summed E-state index contributed by atoms with van der Waals surface area (Å²) >= 11 is 6.11. The van der Waals surface area contributed by atoms with Crippen LogP contribution in [0.5, 0.6) is 11.5 Å². The van der Waals surface area contributed by atoms with Gasteiger partial charge in [0.1, 0.15) is 5.82 Å². The average Bonchev–Trinajstić information content (AvgIpc) is 3.29. The molecule has 0 saturated heterocycles. The summed E-state index contributed by atoms with van der Waals surface area (Å²) in [5, 5.41) is 3.94. The fourth-order valence-corrected chi connectivity index (χ4v) is 4.90. The molecule has 182 valence electrons. The fraction of sp³-hybridized carbons (Fsp3) is 0.167. The van der Waals surface area contributed by atoms with Crippen molar-refractivity contribution >= 4 is 33.7 Å². The summed E-state index contributed by atoms with van der Waals surface area (Å²) in [5.41, 5.74) is 3.76. The third-order valence-electron chi connectivity index (χ3n) is 5.17. The minimum absolute atomic E-state index is 0.0350. The maximum Gasteiger partial charge on any atom is 0.255 e. The number of amides is 1. The second-order valence-corrected chi connectivity index (χ2v) is 10.0. The molecule has 1 aliphatic heterocycles. The molecule has 1 aliphatic rings. The second kappa shape index (κ2) is 10.4. The summed E-state index contributed by atoms with van der Waals surface area (Å²) in [7, 11) is -4.16. The molecule has 3 aromatic carbocycles. The third-order valence-corrected chi connectivity index (χ3v) is 7.33. The molecule has 35 heavy (non-hydrogen) atoms. The molecule has 11 heteroatoms. The summed E-state index contributed by atoms with van der Waals surface area (Å²) in [6.07, 6.45) is 1.38. The highest BCUT2D eigenvalue weighted by Crippen LogP contribution is 2.32. The topological polar surface area (TPSA) is 97.3 Å². The predicted molar refractivity (Wildman–Crippen MR) is 128 cm³/mol. The number of nitrogens with zero attached hydrogens (tertiary/aromatic N) is 2. The van der Waals surface area contributed by atoms with E-state index in [1.165, 1.54) is 36.5 Å². The number of nitrogens with one attached hydrogen (secondary N) is 1. The largest absolute Gasteiger partial charge is 0.454 e. The van der Waals surface area contributed by atoms with Crippen LogP contribution in [0, 0.1) is 12.7 Å². The van der Waals surface area contributed by atoms with Crippen molar-refractivity contribution < 1.29 is 27.1 Å². The van der Waals surface area contributed by atoms with E-state index in [2.05, 4.69) is 10.5 Å². The van der Waals surface area contributed by atoms with Gasteiger partial charge in [0.2, 0.25) is 16.8 Å². The average molecular weight is 518 g/mol. The van der Waals surface area contributed by atoms with Gasteiger partial charge >= 0.3 is 0 Å². The lowest BCUT2D eigenvalue weighted by Gasteiger charge is -2.22. The Morgan fingerprint density at radius 2 is 1.89 bits per heavy atom. The number of carbonyl (C=O) groups excluding carboxylic acids is 1. The van der Waals surface area contributed by atoms with E-state index in [4.69, 9.17) is 21.1 Å². The van der Waals surface area contributed by atoms with Crippen molar-refractivity contribution in [1.29, 1.82) is 0 Å². The Bertz CT molecular complexity index is 1360. The number of halogens is 2. The highest BCUT2D eigenvalue weighted by Gasteiger charge is 2.28. The van der Waals surface area contributed by atoms with Crippen molar-refractivity contribution in [3.05, 3.63) is 88.2 Å². The molecule has 0 fully saturated rings. The molecular formula is C24H21ClFN3O5S. The van der Waals surface area contributed by atoms with Gasteiger partial charge in [-0.25, -0.2) is 18.2 Å². The molecule has 0 radical (unpaired) electrons. The van der Waals surface area contributed by atoms with Crippen LogP contribution in [-0.4, -0.2) is 38.2 Å². The Kier molecular flexibility index (Phi) is 7.34. The van der Waals surface area contributed by atoms with Gasteiger partial charge in [-0.2, -0.15) is 9.41 Å². The van der Waals surface area contributed by atoms with E-state index in [9.17, 15) is 17.6 Å². The van der Waals surface area contributed by atoms with Crippen LogP contribution in [0.4, 0.5) is 4.39 Å². The molecule has 1 amide bonds. The number of rotatable bonds is 8. The lowest BCUT2D eigenvalue weighted by Crippen LogP contribution is -2.39. The molecule has 0 aliphatic carbocycles. The van der Waals surface area contributed by atoms with Gasteiger partial charge in [0.15, 0.2) is 11.5 Å². The van der Waals surface area contributed by atoms with E-state index in [0.29, 0.717) is 17.1 Å². The Morgan fingerprint density at radius 3 is 2.63 bits per heavy atom. The van der Waals surface area contributed by atoms with Crippen molar-refractivity contribution in [1.82, 2.24) is 9.73 Å². The van der Waals surface area contributed by atoms with E-state index < -0.39 is 34.8 Å². The molecule has 3 aromatic rings.